The molecule has 4 nitrogen and oxygen atoms in total. The highest BCUT2D eigenvalue weighted by molar-refractivity contribution is 6.31. The highest BCUT2D eigenvalue weighted by atomic mass is 35.5. The van der Waals surface area contributed by atoms with Gasteiger partial charge in [0.2, 0.25) is 0 Å². The molecule has 0 unspecified atom stereocenters. The fraction of sp³-hybridized carbons (Fsp3) is 0.286. The Bertz CT molecular complexity index is 673. The van der Waals surface area contributed by atoms with Crippen LogP contribution in [0.5, 0.6) is 5.75 Å². The first-order valence-corrected chi connectivity index (χ1v) is 6.35. The van der Waals surface area contributed by atoms with Gasteiger partial charge >= 0.3 is 5.97 Å². The lowest BCUT2D eigenvalue weighted by Gasteiger charge is -2.14. The number of carbonyl (C=O) groups is 1. The largest absolute Gasteiger partial charge is 0.490 e. The molecule has 0 atom stereocenters. The van der Waals surface area contributed by atoms with Gasteiger partial charge in [0, 0.05) is 16.5 Å². The van der Waals surface area contributed by atoms with Gasteiger partial charge in [0.25, 0.3) is 0 Å². The molecule has 1 aromatic carbocycles. The standard InChI is InChI=1S/C14H13ClFNO3/c1-7(2)20-12-6-11(14(18)19-3)17-13-9(12)4-8(15)5-10(13)16/h4-7H,1-3H3. The zero-order valence-corrected chi connectivity index (χ0v) is 12.0. The minimum absolute atomic E-state index is 0.0168. The van der Waals surface area contributed by atoms with Crippen LogP contribution in [0.2, 0.25) is 5.02 Å². The van der Waals surface area contributed by atoms with Crippen LogP contribution in [-0.2, 0) is 4.74 Å². The summed E-state index contributed by atoms with van der Waals surface area (Å²) in [6.07, 6.45) is -0.145. The monoisotopic (exact) mass is 297 g/mol. The van der Waals surface area contributed by atoms with Gasteiger partial charge in [-0.2, -0.15) is 0 Å². The van der Waals surface area contributed by atoms with E-state index in [1.807, 2.05) is 13.8 Å². The van der Waals surface area contributed by atoms with Crippen molar-refractivity contribution in [2.24, 2.45) is 0 Å². The first-order valence-electron chi connectivity index (χ1n) is 5.97. The number of benzene rings is 1. The van der Waals surface area contributed by atoms with Crippen molar-refractivity contribution in [2.75, 3.05) is 7.11 Å². The average molecular weight is 298 g/mol. The maximum absolute atomic E-state index is 14.0. The molecule has 0 fully saturated rings. The average Bonchev–Trinajstić information content (AvgIpc) is 2.37. The van der Waals surface area contributed by atoms with Crippen molar-refractivity contribution in [3.05, 3.63) is 34.7 Å². The number of ether oxygens (including phenoxy) is 2. The Kier molecular flexibility index (Phi) is 4.09. The van der Waals surface area contributed by atoms with E-state index in [0.717, 1.165) is 6.07 Å². The number of fused-ring (bicyclic) bond motifs is 1. The van der Waals surface area contributed by atoms with Crippen LogP contribution in [0, 0.1) is 5.82 Å². The van der Waals surface area contributed by atoms with E-state index in [0.29, 0.717) is 11.1 Å². The lowest BCUT2D eigenvalue weighted by molar-refractivity contribution is 0.0593. The molecule has 2 rings (SSSR count). The van der Waals surface area contributed by atoms with E-state index in [2.05, 4.69) is 9.72 Å². The lowest BCUT2D eigenvalue weighted by atomic mass is 10.1. The van der Waals surface area contributed by atoms with Gasteiger partial charge < -0.3 is 9.47 Å². The summed E-state index contributed by atoms with van der Waals surface area (Å²) in [5, 5.41) is 0.646. The SMILES string of the molecule is COC(=O)c1cc(OC(C)C)c2cc(Cl)cc(F)c2n1. The van der Waals surface area contributed by atoms with Crippen molar-refractivity contribution in [3.63, 3.8) is 0 Å². The zero-order chi connectivity index (χ0) is 14.9. The molecule has 0 aliphatic rings. The molecule has 0 bridgehead atoms. The van der Waals surface area contributed by atoms with Gasteiger partial charge in [0.1, 0.15) is 11.3 Å². The molecular formula is C14H13ClFNO3. The first kappa shape index (κ1) is 14.5. The third-order valence-electron chi connectivity index (χ3n) is 2.55. The van der Waals surface area contributed by atoms with Crippen molar-refractivity contribution in [1.29, 1.82) is 0 Å². The van der Waals surface area contributed by atoms with Crippen LogP contribution >= 0.6 is 11.6 Å². The number of halogens is 2. The second kappa shape index (κ2) is 5.63. The number of carbonyl (C=O) groups excluding carboxylic acids is 1. The quantitative estimate of drug-likeness (QED) is 0.812. The highest BCUT2D eigenvalue weighted by Gasteiger charge is 2.17. The van der Waals surface area contributed by atoms with Crippen molar-refractivity contribution >= 4 is 28.5 Å². The molecular weight excluding hydrogens is 285 g/mol. The molecule has 0 saturated heterocycles. The molecule has 0 N–H and O–H groups in total. The smallest absolute Gasteiger partial charge is 0.356 e. The van der Waals surface area contributed by atoms with Crippen LogP contribution in [0.3, 0.4) is 0 Å². The fourth-order valence-corrected chi connectivity index (χ4v) is 1.99. The number of methoxy groups -OCH3 is 1. The molecule has 20 heavy (non-hydrogen) atoms. The molecule has 0 spiro atoms. The van der Waals surface area contributed by atoms with Crippen LogP contribution in [0.15, 0.2) is 18.2 Å². The normalized spacial score (nSPS) is 10.9. The van der Waals surface area contributed by atoms with Crippen molar-refractivity contribution in [1.82, 2.24) is 4.98 Å². The topological polar surface area (TPSA) is 48.4 Å². The van der Waals surface area contributed by atoms with Crippen molar-refractivity contribution < 1.29 is 18.7 Å². The third kappa shape index (κ3) is 2.82. The van der Waals surface area contributed by atoms with Crippen LogP contribution in [0.1, 0.15) is 24.3 Å². The van der Waals surface area contributed by atoms with Gasteiger partial charge in [0.05, 0.1) is 13.2 Å². The lowest BCUT2D eigenvalue weighted by Crippen LogP contribution is -2.10. The van der Waals surface area contributed by atoms with E-state index < -0.39 is 11.8 Å². The van der Waals surface area contributed by atoms with Gasteiger partial charge in [-0.15, -0.1) is 0 Å². The van der Waals surface area contributed by atoms with Gasteiger partial charge in [0.15, 0.2) is 11.5 Å². The number of hydrogen-bond acceptors (Lipinski definition) is 4. The van der Waals surface area contributed by atoms with Crippen LogP contribution in [0.25, 0.3) is 10.9 Å². The summed E-state index contributed by atoms with van der Waals surface area (Å²) >= 11 is 5.85. The Hall–Kier alpha value is -1.88. The van der Waals surface area contributed by atoms with Gasteiger partial charge in [-0.05, 0) is 26.0 Å². The van der Waals surface area contributed by atoms with E-state index in [1.54, 1.807) is 6.07 Å². The van der Waals surface area contributed by atoms with Crippen molar-refractivity contribution in [3.8, 4) is 5.75 Å². The molecule has 0 aliphatic carbocycles. The predicted molar refractivity (Wildman–Crippen MR) is 73.8 cm³/mol. The first-order chi connectivity index (χ1) is 9.42. The number of hydrogen-bond donors (Lipinski definition) is 0. The Labute approximate surface area is 120 Å². The van der Waals surface area contributed by atoms with E-state index in [4.69, 9.17) is 16.3 Å². The van der Waals surface area contributed by atoms with Gasteiger partial charge in [-0.25, -0.2) is 14.2 Å². The van der Waals surface area contributed by atoms with Crippen LogP contribution in [-0.4, -0.2) is 24.2 Å². The summed E-state index contributed by atoms with van der Waals surface area (Å²) in [5.74, 6) is -0.937. The summed E-state index contributed by atoms with van der Waals surface area (Å²) in [6.45, 7) is 3.65. The molecule has 0 saturated carbocycles. The van der Waals surface area contributed by atoms with Gasteiger partial charge in [-0.3, -0.25) is 0 Å². The molecule has 1 heterocycles. The number of rotatable bonds is 3. The second-order valence-corrected chi connectivity index (χ2v) is 4.88. The Morgan fingerprint density at radius 1 is 1.35 bits per heavy atom. The third-order valence-corrected chi connectivity index (χ3v) is 2.77. The molecule has 6 heteroatoms. The van der Waals surface area contributed by atoms with Crippen molar-refractivity contribution in [2.45, 2.75) is 20.0 Å². The van der Waals surface area contributed by atoms with Crippen LogP contribution < -0.4 is 4.74 Å². The summed E-state index contributed by atoms with van der Waals surface area (Å²) in [7, 11) is 1.23. The molecule has 2 aromatic rings. The molecule has 1 aromatic heterocycles. The van der Waals surface area contributed by atoms with E-state index in [-0.39, 0.29) is 22.3 Å². The molecule has 106 valence electrons. The minimum atomic E-state index is -0.658. The number of esters is 1. The Morgan fingerprint density at radius 2 is 2.05 bits per heavy atom. The van der Waals surface area contributed by atoms with E-state index in [9.17, 15) is 9.18 Å². The molecule has 0 radical (unpaired) electrons. The summed E-state index contributed by atoms with van der Waals surface area (Å²) in [5.41, 5.74) is 0.00447. The number of nitrogens with zero attached hydrogens (tertiary/aromatic N) is 1. The fourth-order valence-electron chi connectivity index (χ4n) is 1.78. The van der Waals surface area contributed by atoms with Gasteiger partial charge in [-0.1, -0.05) is 11.6 Å². The summed E-state index contributed by atoms with van der Waals surface area (Å²) in [4.78, 5) is 15.6. The maximum atomic E-state index is 14.0. The summed E-state index contributed by atoms with van der Waals surface area (Å²) < 4.78 is 24.2. The summed E-state index contributed by atoms with van der Waals surface area (Å²) in [6, 6.07) is 4.10. The number of pyridine rings is 1. The van der Waals surface area contributed by atoms with E-state index in [1.165, 1.54) is 13.2 Å². The van der Waals surface area contributed by atoms with Crippen LogP contribution in [0.4, 0.5) is 4.39 Å². The number of aromatic nitrogens is 1. The van der Waals surface area contributed by atoms with E-state index >= 15 is 0 Å². The predicted octanol–water partition coefficient (Wildman–Crippen LogP) is 3.60. The molecule has 0 aliphatic heterocycles. The second-order valence-electron chi connectivity index (χ2n) is 4.45. The molecule has 0 amide bonds. The Balaban J connectivity index is 2.74. The Morgan fingerprint density at radius 3 is 2.65 bits per heavy atom. The zero-order valence-electron chi connectivity index (χ0n) is 11.2. The maximum Gasteiger partial charge on any atom is 0.356 e. The highest BCUT2D eigenvalue weighted by Crippen LogP contribution is 2.31. The minimum Gasteiger partial charge on any atom is -0.490 e.